The van der Waals surface area contributed by atoms with Crippen molar-refractivity contribution in [3.05, 3.63) is 35.4 Å². The molecule has 1 aromatic rings. The fourth-order valence-corrected chi connectivity index (χ4v) is 2.47. The highest BCUT2D eigenvalue weighted by Gasteiger charge is 2.30. The quantitative estimate of drug-likeness (QED) is 0.805. The fourth-order valence-electron chi connectivity index (χ4n) is 2.47. The Hall–Kier alpha value is -1.98. The second-order valence-corrected chi connectivity index (χ2v) is 5.00. The van der Waals surface area contributed by atoms with E-state index in [1.807, 2.05) is 0 Å². The van der Waals surface area contributed by atoms with Crippen molar-refractivity contribution in [2.24, 2.45) is 5.92 Å². The van der Waals surface area contributed by atoms with Crippen LogP contribution in [0.3, 0.4) is 0 Å². The molecule has 1 aliphatic rings. The number of hydrogen-bond acceptors (Lipinski definition) is 3. The lowest BCUT2D eigenvalue weighted by molar-refractivity contribution is -0.149. The molecule has 1 heterocycles. The molecule has 1 amide bonds. The van der Waals surface area contributed by atoms with E-state index in [9.17, 15) is 18.4 Å². The Morgan fingerprint density at radius 1 is 1.29 bits per heavy atom. The third kappa shape index (κ3) is 3.77. The van der Waals surface area contributed by atoms with Gasteiger partial charge in [0, 0.05) is 24.7 Å². The fraction of sp³-hybridized carbons (Fsp3) is 0.467. The highest BCUT2D eigenvalue weighted by Crippen LogP contribution is 2.20. The van der Waals surface area contributed by atoms with Crippen LogP contribution in [0.2, 0.25) is 0 Å². The molecule has 0 radical (unpaired) electrons. The molecule has 1 atom stereocenters. The second-order valence-electron chi connectivity index (χ2n) is 5.00. The largest absolute Gasteiger partial charge is 0.466 e. The molecule has 1 aliphatic heterocycles. The summed E-state index contributed by atoms with van der Waals surface area (Å²) < 4.78 is 31.3. The van der Waals surface area contributed by atoms with Crippen molar-refractivity contribution < 1.29 is 23.1 Å². The number of carbonyl (C=O) groups is 2. The van der Waals surface area contributed by atoms with Crippen molar-refractivity contribution >= 4 is 11.9 Å². The third-order valence-corrected chi connectivity index (χ3v) is 3.44. The molecule has 6 heteroatoms. The summed E-state index contributed by atoms with van der Waals surface area (Å²) in [6.07, 6.45) is 1.31. The molecule has 21 heavy (non-hydrogen) atoms. The van der Waals surface area contributed by atoms with Gasteiger partial charge < -0.3 is 9.64 Å². The van der Waals surface area contributed by atoms with Gasteiger partial charge in [-0.25, -0.2) is 8.78 Å². The summed E-state index contributed by atoms with van der Waals surface area (Å²) in [5.74, 6) is -2.77. The summed E-state index contributed by atoms with van der Waals surface area (Å²) in [6.45, 7) is 2.69. The molecule has 0 aromatic heterocycles. The number of hydrogen-bond donors (Lipinski definition) is 0. The van der Waals surface area contributed by atoms with Crippen molar-refractivity contribution in [3.8, 4) is 0 Å². The lowest BCUT2D eigenvalue weighted by Gasteiger charge is -2.31. The SMILES string of the molecule is CCOC(=O)[C@H]1CCCN(C(=O)c2cc(F)cc(F)c2)C1. The predicted molar refractivity (Wildman–Crippen MR) is 71.6 cm³/mol. The van der Waals surface area contributed by atoms with Crippen molar-refractivity contribution in [2.45, 2.75) is 19.8 Å². The summed E-state index contributed by atoms with van der Waals surface area (Å²) in [5, 5.41) is 0. The van der Waals surface area contributed by atoms with Gasteiger partial charge in [0.1, 0.15) is 11.6 Å². The van der Waals surface area contributed by atoms with Gasteiger partial charge in [-0.15, -0.1) is 0 Å². The van der Waals surface area contributed by atoms with E-state index in [-0.39, 0.29) is 24.0 Å². The first-order valence-electron chi connectivity index (χ1n) is 6.93. The minimum absolute atomic E-state index is 0.0444. The smallest absolute Gasteiger partial charge is 0.310 e. The van der Waals surface area contributed by atoms with Crippen LogP contribution in [0.25, 0.3) is 0 Å². The minimum atomic E-state index is -0.794. The number of ether oxygens (including phenoxy) is 1. The molecule has 114 valence electrons. The van der Waals surface area contributed by atoms with E-state index in [1.54, 1.807) is 6.92 Å². The Balaban J connectivity index is 2.10. The molecule has 1 saturated heterocycles. The standard InChI is InChI=1S/C15H17F2NO3/c1-2-21-15(20)10-4-3-5-18(9-10)14(19)11-6-12(16)8-13(17)7-11/h6-8,10H,2-5,9H2,1H3/t10-/m0/s1. The average Bonchev–Trinajstić information content (AvgIpc) is 2.46. The Morgan fingerprint density at radius 3 is 2.57 bits per heavy atom. The van der Waals surface area contributed by atoms with Gasteiger partial charge in [0.05, 0.1) is 12.5 Å². The van der Waals surface area contributed by atoms with E-state index >= 15 is 0 Å². The first kappa shape index (κ1) is 15.4. The maximum atomic E-state index is 13.2. The summed E-state index contributed by atoms with van der Waals surface area (Å²) in [6, 6.07) is 2.72. The maximum Gasteiger partial charge on any atom is 0.310 e. The van der Waals surface area contributed by atoms with Gasteiger partial charge in [-0.1, -0.05) is 0 Å². The van der Waals surface area contributed by atoms with E-state index in [0.29, 0.717) is 32.1 Å². The van der Waals surface area contributed by atoms with Gasteiger partial charge in [-0.05, 0) is 31.9 Å². The van der Waals surface area contributed by atoms with Crippen molar-refractivity contribution in [1.82, 2.24) is 4.90 Å². The van der Waals surface area contributed by atoms with Crippen molar-refractivity contribution in [3.63, 3.8) is 0 Å². The molecule has 0 spiro atoms. The van der Waals surface area contributed by atoms with Crippen molar-refractivity contribution in [1.29, 1.82) is 0 Å². The molecule has 1 fully saturated rings. The molecule has 4 nitrogen and oxygen atoms in total. The molecule has 0 saturated carbocycles. The monoisotopic (exact) mass is 297 g/mol. The molecular formula is C15H17F2NO3. The van der Waals surface area contributed by atoms with Crippen LogP contribution >= 0.6 is 0 Å². The molecule has 0 unspecified atom stereocenters. The number of rotatable bonds is 3. The minimum Gasteiger partial charge on any atom is -0.466 e. The number of likely N-dealkylation sites (tertiary alicyclic amines) is 1. The number of nitrogens with zero attached hydrogens (tertiary/aromatic N) is 1. The number of carbonyl (C=O) groups excluding carboxylic acids is 2. The Bertz CT molecular complexity index is 527. The summed E-state index contributed by atoms with van der Waals surface area (Å²) in [4.78, 5) is 25.4. The lowest BCUT2D eigenvalue weighted by Crippen LogP contribution is -2.42. The Morgan fingerprint density at radius 2 is 1.95 bits per heavy atom. The van der Waals surface area contributed by atoms with Crippen LogP contribution in [0.5, 0.6) is 0 Å². The highest BCUT2D eigenvalue weighted by molar-refractivity contribution is 5.94. The molecule has 0 aliphatic carbocycles. The van der Waals surface area contributed by atoms with E-state index in [2.05, 4.69) is 0 Å². The zero-order chi connectivity index (χ0) is 15.4. The average molecular weight is 297 g/mol. The lowest BCUT2D eigenvalue weighted by atomic mass is 9.97. The maximum absolute atomic E-state index is 13.2. The second kappa shape index (κ2) is 6.65. The number of amides is 1. The van der Waals surface area contributed by atoms with Crippen LogP contribution in [0.1, 0.15) is 30.1 Å². The zero-order valence-corrected chi connectivity index (χ0v) is 11.8. The summed E-state index contributed by atoms with van der Waals surface area (Å²) in [7, 11) is 0. The Labute approximate surface area is 121 Å². The van der Waals surface area contributed by atoms with Crippen LogP contribution < -0.4 is 0 Å². The summed E-state index contributed by atoms with van der Waals surface area (Å²) >= 11 is 0. The van der Waals surface area contributed by atoms with Crippen molar-refractivity contribution in [2.75, 3.05) is 19.7 Å². The van der Waals surface area contributed by atoms with Gasteiger partial charge in [-0.3, -0.25) is 9.59 Å². The predicted octanol–water partition coefficient (Wildman–Crippen LogP) is 2.38. The molecular weight excluding hydrogens is 280 g/mol. The van der Waals surface area contributed by atoms with Crippen LogP contribution in [0.4, 0.5) is 8.78 Å². The first-order valence-corrected chi connectivity index (χ1v) is 6.93. The van der Waals surface area contributed by atoms with Gasteiger partial charge in [0.2, 0.25) is 0 Å². The van der Waals surface area contributed by atoms with Crippen LogP contribution in [0, 0.1) is 17.6 Å². The number of piperidine rings is 1. The van der Waals surface area contributed by atoms with Crippen LogP contribution in [-0.4, -0.2) is 36.5 Å². The number of halogens is 2. The molecule has 1 aromatic carbocycles. The number of benzene rings is 1. The van der Waals surface area contributed by atoms with Gasteiger partial charge in [0.25, 0.3) is 5.91 Å². The molecule has 0 bridgehead atoms. The van der Waals surface area contributed by atoms with Gasteiger partial charge in [0.15, 0.2) is 0 Å². The highest BCUT2D eigenvalue weighted by atomic mass is 19.1. The normalized spacial score (nSPS) is 18.4. The molecule has 2 rings (SSSR count). The van der Waals surface area contributed by atoms with E-state index in [1.165, 1.54) is 4.90 Å². The zero-order valence-electron chi connectivity index (χ0n) is 11.8. The number of esters is 1. The Kier molecular flexibility index (Phi) is 4.88. The van der Waals surface area contributed by atoms with E-state index < -0.39 is 17.5 Å². The summed E-state index contributed by atoms with van der Waals surface area (Å²) in [5.41, 5.74) is -0.0444. The molecule has 0 N–H and O–H groups in total. The van der Waals surface area contributed by atoms with E-state index in [0.717, 1.165) is 12.1 Å². The third-order valence-electron chi connectivity index (χ3n) is 3.44. The topological polar surface area (TPSA) is 46.6 Å². The first-order chi connectivity index (χ1) is 10.0. The van der Waals surface area contributed by atoms with Gasteiger partial charge >= 0.3 is 5.97 Å². The van der Waals surface area contributed by atoms with Crippen LogP contribution in [-0.2, 0) is 9.53 Å². The van der Waals surface area contributed by atoms with Gasteiger partial charge in [-0.2, -0.15) is 0 Å². The van der Waals surface area contributed by atoms with E-state index in [4.69, 9.17) is 4.74 Å². The van der Waals surface area contributed by atoms with Crippen LogP contribution in [0.15, 0.2) is 18.2 Å².